The first-order valence-electron chi connectivity index (χ1n) is 11.8. The first-order chi connectivity index (χ1) is 14.3. The van der Waals surface area contributed by atoms with E-state index in [0.717, 1.165) is 30.9 Å². The summed E-state index contributed by atoms with van der Waals surface area (Å²) in [5, 5.41) is 4.38. The van der Waals surface area contributed by atoms with Gasteiger partial charge in [-0.2, -0.15) is 5.10 Å². The Balaban J connectivity index is 1.78. The van der Waals surface area contributed by atoms with Crippen molar-refractivity contribution >= 4 is 21.5 Å². The van der Waals surface area contributed by atoms with Crippen molar-refractivity contribution in [3.63, 3.8) is 0 Å². The van der Waals surface area contributed by atoms with Crippen molar-refractivity contribution in [1.29, 1.82) is 0 Å². The third-order valence-electron chi connectivity index (χ3n) is 6.06. The Labute approximate surface area is 184 Å². The number of hydrazone groups is 1. The number of fused-ring (bicyclic) bond motifs is 1. The van der Waals surface area contributed by atoms with Crippen LogP contribution in [0.25, 0.3) is 0 Å². The number of likely N-dealkylation sites (N-methyl/N-ethyl adjacent to an activating group) is 1. The van der Waals surface area contributed by atoms with Crippen LogP contribution >= 0.6 is 0 Å². The van der Waals surface area contributed by atoms with E-state index in [4.69, 9.17) is 0 Å². The molecule has 170 valence electrons. The van der Waals surface area contributed by atoms with Crippen LogP contribution in [0, 0.1) is 0 Å². The molecular formula is C24H41N3O2S. The smallest absolute Gasteiger partial charge is 0.247 e. The van der Waals surface area contributed by atoms with E-state index in [2.05, 4.69) is 54.7 Å². The third kappa shape index (κ3) is 6.73. The van der Waals surface area contributed by atoms with Crippen molar-refractivity contribution in [2.45, 2.75) is 97.3 Å². The summed E-state index contributed by atoms with van der Waals surface area (Å²) < 4.78 is 24.9. The third-order valence-corrected chi connectivity index (χ3v) is 7.25. The molecule has 6 heteroatoms. The highest BCUT2D eigenvalue weighted by Crippen LogP contribution is 2.41. The minimum Gasteiger partial charge on any atom is -0.328 e. The van der Waals surface area contributed by atoms with E-state index >= 15 is 0 Å². The SMILES string of the molecule is CCCCCCCCCCCCS(=O)(=O)NN=C1N(CC)c2ccccc2C1(C)C. The lowest BCUT2D eigenvalue weighted by atomic mass is 9.86. The van der Waals surface area contributed by atoms with E-state index in [9.17, 15) is 8.42 Å². The zero-order valence-corrected chi connectivity index (χ0v) is 20.2. The molecule has 1 aromatic rings. The maximum absolute atomic E-state index is 12.5. The van der Waals surface area contributed by atoms with Crippen molar-refractivity contribution in [2.75, 3.05) is 17.2 Å². The molecular weight excluding hydrogens is 394 g/mol. The summed E-state index contributed by atoms with van der Waals surface area (Å²) in [6.07, 6.45) is 11.9. The van der Waals surface area contributed by atoms with Crippen LogP contribution in [0.4, 0.5) is 5.69 Å². The Kier molecular flexibility index (Phi) is 9.66. The molecule has 0 aromatic heterocycles. The normalized spacial score (nSPS) is 16.8. The van der Waals surface area contributed by atoms with Gasteiger partial charge in [0.05, 0.1) is 11.2 Å². The highest BCUT2D eigenvalue weighted by Gasteiger charge is 2.41. The van der Waals surface area contributed by atoms with Gasteiger partial charge in [0.25, 0.3) is 0 Å². The Bertz CT molecular complexity index is 787. The summed E-state index contributed by atoms with van der Waals surface area (Å²) in [6.45, 7) is 9.24. The number of anilines is 1. The fourth-order valence-corrected chi connectivity index (χ4v) is 5.17. The predicted octanol–water partition coefficient (Wildman–Crippen LogP) is 5.96. The van der Waals surface area contributed by atoms with Crippen molar-refractivity contribution < 1.29 is 8.42 Å². The second kappa shape index (κ2) is 11.7. The van der Waals surface area contributed by atoms with Crippen LogP contribution in [0.2, 0.25) is 0 Å². The van der Waals surface area contributed by atoms with E-state index in [-0.39, 0.29) is 11.2 Å². The number of unbranched alkanes of at least 4 members (excludes halogenated alkanes) is 9. The monoisotopic (exact) mass is 435 g/mol. The van der Waals surface area contributed by atoms with Gasteiger partial charge in [-0.1, -0.05) is 82.9 Å². The first kappa shape index (κ1) is 24.7. The molecule has 0 atom stereocenters. The lowest BCUT2D eigenvalue weighted by Gasteiger charge is -2.24. The molecule has 0 bridgehead atoms. The molecule has 0 amide bonds. The van der Waals surface area contributed by atoms with E-state index in [1.165, 1.54) is 50.5 Å². The lowest BCUT2D eigenvalue weighted by Crippen LogP contribution is -2.39. The first-order valence-corrected chi connectivity index (χ1v) is 13.4. The minimum absolute atomic E-state index is 0.139. The number of rotatable bonds is 14. The number of hydrogen-bond acceptors (Lipinski definition) is 3. The van der Waals surface area contributed by atoms with Crippen molar-refractivity contribution in [1.82, 2.24) is 4.83 Å². The molecule has 1 N–H and O–H groups in total. The molecule has 0 radical (unpaired) electrons. The second-order valence-electron chi connectivity index (χ2n) is 8.91. The second-order valence-corrected chi connectivity index (χ2v) is 10.7. The molecule has 0 aliphatic carbocycles. The van der Waals surface area contributed by atoms with Gasteiger partial charge in [-0.05, 0) is 38.8 Å². The number of nitrogens with zero attached hydrogens (tertiary/aromatic N) is 2. The molecule has 0 saturated heterocycles. The van der Waals surface area contributed by atoms with Crippen LogP contribution < -0.4 is 9.73 Å². The summed E-state index contributed by atoms with van der Waals surface area (Å²) in [4.78, 5) is 4.60. The van der Waals surface area contributed by atoms with Crippen molar-refractivity contribution in [2.24, 2.45) is 5.10 Å². The van der Waals surface area contributed by atoms with Gasteiger partial charge < -0.3 is 4.90 Å². The zero-order chi connectivity index (χ0) is 22.0. The Morgan fingerprint density at radius 3 is 2.07 bits per heavy atom. The number of amidine groups is 1. The highest BCUT2D eigenvalue weighted by molar-refractivity contribution is 7.89. The molecule has 2 rings (SSSR count). The number of nitrogens with one attached hydrogen (secondary N) is 1. The minimum atomic E-state index is -3.41. The van der Waals surface area contributed by atoms with Crippen LogP contribution in [0.3, 0.4) is 0 Å². The molecule has 1 aliphatic rings. The molecule has 0 unspecified atom stereocenters. The van der Waals surface area contributed by atoms with Crippen LogP contribution in [-0.2, 0) is 15.4 Å². The van der Waals surface area contributed by atoms with Crippen LogP contribution in [0.5, 0.6) is 0 Å². The van der Waals surface area contributed by atoms with E-state index in [1.807, 2.05) is 12.1 Å². The number of benzene rings is 1. The largest absolute Gasteiger partial charge is 0.328 e. The average molecular weight is 436 g/mol. The molecule has 0 saturated carbocycles. The molecule has 1 aliphatic heterocycles. The van der Waals surface area contributed by atoms with E-state index < -0.39 is 10.0 Å². The summed E-state index contributed by atoms with van der Waals surface area (Å²) in [5.74, 6) is 0.901. The summed E-state index contributed by atoms with van der Waals surface area (Å²) in [7, 11) is -3.41. The standard InChI is InChI=1S/C24H41N3O2S/c1-5-7-8-9-10-11-12-13-14-17-20-30(28,29)26-25-23-24(3,4)21-18-15-16-19-22(21)27(23)6-2/h15-16,18-19,26H,5-14,17,20H2,1-4H3. The molecule has 5 nitrogen and oxygen atoms in total. The van der Waals surface area contributed by atoms with Gasteiger partial charge in [0.15, 0.2) is 0 Å². The fraction of sp³-hybridized carbons (Fsp3) is 0.708. The molecule has 0 spiro atoms. The topological polar surface area (TPSA) is 61.8 Å². The van der Waals surface area contributed by atoms with Gasteiger partial charge in [0.2, 0.25) is 10.0 Å². The number of para-hydroxylation sites is 1. The number of hydrogen-bond donors (Lipinski definition) is 1. The van der Waals surface area contributed by atoms with Gasteiger partial charge >= 0.3 is 0 Å². The molecule has 1 aromatic carbocycles. The zero-order valence-electron chi connectivity index (χ0n) is 19.4. The maximum Gasteiger partial charge on any atom is 0.247 e. The van der Waals surface area contributed by atoms with Gasteiger partial charge in [0.1, 0.15) is 5.84 Å². The van der Waals surface area contributed by atoms with Crippen molar-refractivity contribution in [3.8, 4) is 0 Å². The van der Waals surface area contributed by atoms with Gasteiger partial charge in [-0.3, -0.25) is 0 Å². The lowest BCUT2D eigenvalue weighted by molar-refractivity contribution is 0.555. The summed E-state index contributed by atoms with van der Waals surface area (Å²) in [5.41, 5.74) is 1.96. The van der Waals surface area contributed by atoms with Gasteiger partial charge in [0, 0.05) is 12.2 Å². The Morgan fingerprint density at radius 2 is 1.47 bits per heavy atom. The number of sulfonamides is 1. The molecule has 0 fully saturated rings. The Morgan fingerprint density at radius 1 is 0.900 bits per heavy atom. The van der Waals surface area contributed by atoms with Crippen LogP contribution in [0.1, 0.15) is 97.5 Å². The molecule has 1 heterocycles. The fourth-order valence-electron chi connectivity index (χ4n) is 4.27. The maximum atomic E-state index is 12.5. The van der Waals surface area contributed by atoms with Crippen LogP contribution in [-0.4, -0.2) is 26.6 Å². The van der Waals surface area contributed by atoms with E-state index in [0.29, 0.717) is 6.42 Å². The van der Waals surface area contributed by atoms with Gasteiger partial charge in [-0.15, -0.1) is 0 Å². The average Bonchev–Trinajstić information content (AvgIpc) is 2.94. The van der Waals surface area contributed by atoms with Gasteiger partial charge in [-0.25, -0.2) is 13.2 Å². The summed E-state index contributed by atoms with van der Waals surface area (Å²) in [6, 6.07) is 8.20. The predicted molar refractivity (Wildman–Crippen MR) is 129 cm³/mol. The molecule has 30 heavy (non-hydrogen) atoms. The van der Waals surface area contributed by atoms with Crippen molar-refractivity contribution in [3.05, 3.63) is 29.8 Å². The van der Waals surface area contributed by atoms with E-state index in [1.54, 1.807) is 0 Å². The Hall–Kier alpha value is -1.56. The quantitative estimate of drug-likeness (QED) is 0.290. The highest BCUT2D eigenvalue weighted by atomic mass is 32.2. The summed E-state index contributed by atoms with van der Waals surface area (Å²) >= 11 is 0. The van der Waals surface area contributed by atoms with Crippen LogP contribution in [0.15, 0.2) is 29.4 Å².